The molecule has 1 heterocycles. The number of nitrogens with zero attached hydrogens (tertiary/aromatic N) is 2. The van der Waals surface area contributed by atoms with Crippen molar-refractivity contribution in [2.75, 3.05) is 33.2 Å². The van der Waals surface area contributed by atoms with Gasteiger partial charge in [0.2, 0.25) is 15.9 Å². The molecular weight excluding hydrogens is 361 g/mol. The number of piperazine rings is 1. The Labute approximate surface area is 148 Å². The Bertz CT molecular complexity index is 637. The number of benzene rings is 1. The maximum absolute atomic E-state index is 12.4. The van der Waals surface area contributed by atoms with Crippen molar-refractivity contribution in [1.29, 1.82) is 0 Å². The van der Waals surface area contributed by atoms with E-state index >= 15 is 0 Å². The Hall–Kier alpha value is -0.860. The molecule has 1 saturated heterocycles. The number of nitrogens with one attached hydrogen (secondary N) is 1. The maximum atomic E-state index is 12.4. The normalized spacial score (nSPS) is 18.6. The number of amides is 1. The molecule has 130 valence electrons. The molecule has 1 aromatic rings. The van der Waals surface area contributed by atoms with Crippen LogP contribution in [0.1, 0.15) is 6.92 Å². The summed E-state index contributed by atoms with van der Waals surface area (Å²) >= 11 is 5.77. The summed E-state index contributed by atoms with van der Waals surface area (Å²) < 4.78 is 26.0. The van der Waals surface area contributed by atoms with Crippen LogP contribution in [0.4, 0.5) is 0 Å². The zero-order valence-corrected chi connectivity index (χ0v) is 15.4. The third kappa shape index (κ3) is 4.81. The Morgan fingerprint density at radius 3 is 2.57 bits per heavy atom. The van der Waals surface area contributed by atoms with E-state index < -0.39 is 10.0 Å². The smallest absolute Gasteiger partial charge is 0.243 e. The summed E-state index contributed by atoms with van der Waals surface area (Å²) in [6, 6.07) is 5.97. The lowest BCUT2D eigenvalue weighted by Crippen LogP contribution is -2.54. The molecule has 0 radical (unpaired) electrons. The molecule has 0 saturated carbocycles. The van der Waals surface area contributed by atoms with E-state index in [1.807, 2.05) is 6.92 Å². The second kappa shape index (κ2) is 8.30. The number of likely N-dealkylation sites (N-methyl/N-ethyl adjacent to an activating group) is 1. The van der Waals surface area contributed by atoms with E-state index in [1.54, 1.807) is 4.90 Å². The first-order valence-corrected chi connectivity index (χ1v) is 8.86. The molecule has 1 amide bonds. The van der Waals surface area contributed by atoms with E-state index in [-0.39, 0.29) is 35.8 Å². The summed E-state index contributed by atoms with van der Waals surface area (Å²) in [7, 11) is -2.28. The van der Waals surface area contributed by atoms with Crippen molar-refractivity contribution in [2.45, 2.75) is 17.9 Å². The van der Waals surface area contributed by atoms with Gasteiger partial charge < -0.3 is 10.2 Å². The van der Waals surface area contributed by atoms with Crippen LogP contribution in [0.2, 0.25) is 5.02 Å². The summed E-state index contributed by atoms with van der Waals surface area (Å²) in [5.74, 6) is -0.186. The molecule has 0 bridgehead atoms. The van der Waals surface area contributed by atoms with E-state index in [1.165, 1.54) is 31.3 Å². The molecule has 1 aliphatic heterocycles. The van der Waals surface area contributed by atoms with Gasteiger partial charge in [-0.1, -0.05) is 11.6 Å². The molecule has 9 heteroatoms. The second-order valence-corrected chi connectivity index (χ2v) is 7.84. The highest BCUT2D eigenvalue weighted by Gasteiger charge is 2.28. The van der Waals surface area contributed by atoms with Crippen LogP contribution in [-0.4, -0.2) is 62.8 Å². The number of hydrogen-bond donors (Lipinski definition) is 1. The topological polar surface area (TPSA) is 69.7 Å². The summed E-state index contributed by atoms with van der Waals surface area (Å²) in [4.78, 5) is 14.2. The maximum Gasteiger partial charge on any atom is 0.243 e. The van der Waals surface area contributed by atoms with Gasteiger partial charge in [-0.25, -0.2) is 8.42 Å². The summed E-state index contributed by atoms with van der Waals surface area (Å²) in [6.45, 7) is 3.81. The molecule has 6 nitrogen and oxygen atoms in total. The zero-order chi connectivity index (χ0) is 16.3. The van der Waals surface area contributed by atoms with Crippen LogP contribution in [0.5, 0.6) is 0 Å². The predicted molar refractivity (Wildman–Crippen MR) is 92.6 cm³/mol. The van der Waals surface area contributed by atoms with E-state index in [4.69, 9.17) is 11.6 Å². The lowest BCUT2D eigenvalue weighted by molar-refractivity contribution is -0.133. The second-order valence-electron chi connectivity index (χ2n) is 5.36. The van der Waals surface area contributed by atoms with Crippen LogP contribution in [0.15, 0.2) is 29.2 Å². The summed E-state index contributed by atoms with van der Waals surface area (Å²) in [6.07, 6.45) is 0. The van der Waals surface area contributed by atoms with Crippen LogP contribution < -0.4 is 5.32 Å². The van der Waals surface area contributed by atoms with E-state index in [0.29, 0.717) is 11.6 Å². The van der Waals surface area contributed by atoms with Gasteiger partial charge in [-0.2, -0.15) is 4.31 Å². The highest BCUT2D eigenvalue weighted by atomic mass is 35.5. The number of carbonyl (C=O) groups is 1. The lowest BCUT2D eigenvalue weighted by atomic mass is 10.2. The molecule has 0 unspecified atom stereocenters. The van der Waals surface area contributed by atoms with Crippen molar-refractivity contribution in [3.05, 3.63) is 29.3 Å². The minimum absolute atomic E-state index is 0. The monoisotopic (exact) mass is 381 g/mol. The van der Waals surface area contributed by atoms with Gasteiger partial charge in [0.1, 0.15) is 0 Å². The fraction of sp³-hybridized carbons (Fsp3) is 0.500. The largest absolute Gasteiger partial charge is 0.336 e. The molecule has 2 rings (SSSR count). The van der Waals surface area contributed by atoms with Crippen molar-refractivity contribution < 1.29 is 13.2 Å². The number of hydrogen-bond acceptors (Lipinski definition) is 4. The van der Waals surface area contributed by atoms with Gasteiger partial charge in [-0.15, -0.1) is 12.4 Å². The molecule has 1 fully saturated rings. The van der Waals surface area contributed by atoms with Gasteiger partial charge in [0.05, 0.1) is 11.4 Å². The lowest BCUT2D eigenvalue weighted by Gasteiger charge is -2.34. The number of halogens is 2. The van der Waals surface area contributed by atoms with Crippen LogP contribution in [0, 0.1) is 0 Å². The van der Waals surface area contributed by atoms with Crippen molar-refractivity contribution in [1.82, 2.24) is 14.5 Å². The van der Waals surface area contributed by atoms with Crippen LogP contribution in [0.3, 0.4) is 0 Å². The van der Waals surface area contributed by atoms with Crippen molar-refractivity contribution in [2.24, 2.45) is 0 Å². The van der Waals surface area contributed by atoms with Crippen LogP contribution in [0.25, 0.3) is 0 Å². The highest BCUT2D eigenvalue weighted by molar-refractivity contribution is 7.89. The zero-order valence-electron chi connectivity index (χ0n) is 13.0. The van der Waals surface area contributed by atoms with Crippen LogP contribution in [-0.2, 0) is 14.8 Å². The molecule has 23 heavy (non-hydrogen) atoms. The first-order valence-electron chi connectivity index (χ1n) is 7.04. The van der Waals surface area contributed by atoms with E-state index in [2.05, 4.69) is 5.32 Å². The van der Waals surface area contributed by atoms with Crippen molar-refractivity contribution in [3.8, 4) is 0 Å². The third-order valence-corrected chi connectivity index (χ3v) is 5.77. The first kappa shape index (κ1) is 20.2. The molecule has 0 aliphatic carbocycles. The Balaban J connectivity index is 0.00000264. The minimum atomic E-state index is -3.70. The SMILES string of the molecule is C[C@@H]1CNCCN1C(=O)CN(C)S(=O)(=O)c1ccc(Cl)cc1.Cl. The summed E-state index contributed by atoms with van der Waals surface area (Å²) in [5.41, 5.74) is 0. The van der Waals surface area contributed by atoms with E-state index in [9.17, 15) is 13.2 Å². The quantitative estimate of drug-likeness (QED) is 0.850. The van der Waals surface area contributed by atoms with Gasteiger partial charge in [-0.05, 0) is 31.2 Å². The first-order chi connectivity index (χ1) is 10.3. The number of sulfonamides is 1. The fourth-order valence-corrected chi connectivity index (χ4v) is 3.61. The van der Waals surface area contributed by atoms with Crippen molar-refractivity contribution >= 4 is 39.9 Å². The molecule has 0 spiro atoms. The Morgan fingerprint density at radius 1 is 1.39 bits per heavy atom. The summed E-state index contributed by atoms with van der Waals surface area (Å²) in [5, 5.41) is 3.66. The average Bonchev–Trinajstić information content (AvgIpc) is 2.48. The molecule has 0 aromatic heterocycles. The molecule has 1 atom stereocenters. The molecule has 1 aliphatic rings. The average molecular weight is 382 g/mol. The fourth-order valence-electron chi connectivity index (χ4n) is 2.36. The van der Waals surface area contributed by atoms with Gasteiger partial charge in [0.15, 0.2) is 0 Å². The molecule has 1 aromatic carbocycles. The van der Waals surface area contributed by atoms with Gasteiger partial charge in [0.25, 0.3) is 0 Å². The van der Waals surface area contributed by atoms with Crippen molar-refractivity contribution in [3.63, 3.8) is 0 Å². The van der Waals surface area contributed by atoms with Gasteiger partial charge >= 0.3 is 0 Å². The third-order valence-electron chi connectivity index (χ3n) is 3.70. The predicted octanol–water partition coefficient (Wildman–Crippen LogP) is 1.20. The standard InChI is InChI=1S/C14H20ClN3O3S.ClH/c1-11-9-16-7-8-18(11)14(19)10-17(2)22(20,21)13-5-3-12(15)4-6-13;/h3-6,11,16H,7-10H2,1-2H3;1H/t11-;/m1./s1. The van der Waals surface area contributed by atoms with Crippen LogP contribution >= 0.6 is 24.0 Å². The van der Waals surface area contributed by atoms with E-state index in [0.717, 1.165) is 17.4 Å². The highest BCUT2D eigenvalue weighted by Crippen LogP contribution is 2.17. The number of rotatable bonds is 4. The minimum Gasteiger partial charge on any atom is -0.336 e. The Kier molecular flexibility index (Phi) is 7.29. The van der Waals surface area contributed by atoms with Gasteiger partial charge in [0, 0.05) is 37.7 Å². The number of carbonyl (C=O) groups excluding carboxylic acids is 1. The molecule has 1 N–H and O–H groups in total. The Morgan fingerprint density at radius 2 is 2.00 bits per heavy atom. The van der Waals surface area contributed by atoms with Gasteiger partial charge in [-0.3, -0.25) is 4.79 Å². The molecular formula is C14H21Cl2N3O3S.